The van der Waals surface area contributed by atoms with E-state index in [1.54, 1.807) is 7.11 Å². The van der Waals surface area contributed by atoms with E-state index in [1.807, 2.05) is 52.0 Å². The molecule has 0 bridgehead atoms. The number of methoxy groups -OCH3 is 1. The second-order valence-electron chi connectivity index (χ2n) is 7.72. The lowest BCUT2D eigenvalue weighted by Gasteiger charge is -2.19. The molecular weight excluding hydrogens is 511 g/mol. The fourth-order valence-electron chi connectivity index (χ4n) is 2.44. The highest BCUT2D eigenvalue weighted by Gasteiger charge is 2.16. The highest BCUT2D eigenvalue weighted by Crippen LogP contribution is 2.13. The molecule has 0 unspecified atom stereocenters. The van der Waals surface area contributed by atoms with Crippen LogP contribution in [-0.4, -0.2) is 64.2 Å². The van der Waals surface area contributed by atoms with E-state index in [0.29, 0.717) is 32.1 Å². The summed E-state index contributed by atoms with van der Waals surface area (Å²) in [5.41, 5.74) is 1.36. The molecular formula is C22H39IN4O4. The van der Waals surface area contributed by atoms with Crippen LogP contribution < -0.4 is 16.0 Å². The van der Waals surface area contributed by atoms with E-state index in [9.17, 15) is 4.79 Å². The van der Waals surface area contributed by atoms with Crippen LogP contribution in [0.15, 0.2) is 29.3 Å². The van der Waals surface area contributed by atoms with Crippen molar-refractivity contribution in [1.82, 2.24) is 10.6 Å². The van der Waals surface area contributed by atoms with Crippen molar-refractivity contribution >= 4 is 41.7 Å². The maximum atomic E-state index is 11.8. The summed E-state index contributed by atoms with van der Waals surface area (Å²) in [6, 6.07) is 7.75. The first-order valence-electron chi connectivity index (χ1n) is 10.5. The minimum Gasteiger partial charge on any atom is -0.444 e. The maximum absolute atomic E-state index is 11.8. The topological polar surface area (TPSA) is 93.2 Å². The van der Waals surface area contributed by atoms with Gasteiger partial charge in [0, 0.05) is 39.0 Å². The summed E-state index contributed by atoms with van der Waals surface area (Å²) in [4.78, 5) is 16.4. The van der Waals surface area contributed by atoms with Crippen LogP contribution in [-0.2, 0) is 20.6 Å². The molecule has 0 spiro atoms. The van der Waals surface area contributed by atoms with Gasteiger partial charge in [0.05, 0.1) is 13.2 Å². The van der Waals surface area contributed by atoms with Crippen LogP contribution in [0.3, 0.4) is 0 Å². The summed E-state index contributed by atoms with van der Waals surface area (Å²) in [6.45, 7) is 11.7. The van der Waals surface area contributed by atoms with Gasteiger partial charge < -0.3 is 24.8 Å². The Morgan fingerprint density at radius 2 is 1.77 bits per heavy atom. The number of halogens is 1. The van der Waals surface area contributed by atoms with E-state index in [4.69, 9.17) is 14.2 Å². The molecule has 0 radical (unpaired) electrons. The van der Waals surface area contributed by atoms with Crippen LogP contribution in [0.5, 0.6) is 0 Å². The molecule has 0 aliphatic carbocycles. The Morgan fingerprint density at radius 1 is 1.06 bits per heavy atom. The quantitative estimate of drug-likeness (QED) is 0.159. The van der Waals surface area contributed by atoms with Gasteiger partial charge in [-0.2, -0.15) is 0 Å². The fraction of sp³-hybridized carbons (Fsp3) is 0.636. The Morgan fingerprint density at radius 3 is 2.39 bits per heavy atom. The molecule has 0 fully saturated rings. The zero-order chi connectivity index (χ0) is 22.2. The average molecular weight is 550 g/mol. The number of ether oxygens (including phenoxy) is 3. The number of benzene rings is 1. The Labute approximate surface area is 203 Å². The van der Waals surface area contributed by atoms with Crippen molar-refractivity contribution in [2.24, 2.45) is 4.99 Å². The van der Waals surface area contributed by atoms with Gasteiger partial charge in [0.15, 0.2) is 5.96 Å². The van der Waals surface area contributed by atoms with E-state index in [-0.39, 0.29) is 24.0 Å². The third kappa shape index (κ3) is 15.8. The Bertz CT molecular complexity index is 633. The fourth-order valence-corrected chi connectivity index (χ4v) is 2.44. The lowest BCUT2D eigenvalue weighted by atomic mass is 10.1. The number of nitrogens with zero attached hydrogens (tertiary/aromatic N) is 1. The normalized spacial score (nSPS) is 11.5. The molecule has 1 rings (SSSR count). The van der Waals surface area contributed by atoms with Crippen molar-refractivity contribution in [3.63, 3.8) is 0 Å². The Kier molecular flexibility index (Phi) is 16.1. The lowest BCUT2D eigenvalue weighted by molar-refractivity contribution is 0.0636. The van der Waals surface area contributed by atoms with Gasteiger partial charge in [0.1, 0.15) is 5.60 Å². The van der Waals surface area contributed by atoms with Gasteiger partial charge in [-0.15, -0.1) is 24.0 Å². The first-order valence-corrected chi connectivity index (χ1v) is 10.5. The largest absolute Gasteiger partial charge is 0.444 e. The molecule has 0 aliphatic rings. The number of amides is 1. The van der Waals surface area contributed by atoms with E-state index in [2.05, 4.69) is 20.9 Å². The Balaban J connectivity index is 0.00000900. The van der Waals surface area contributed by atoms with Crippen LogP contribution in [0.25, 0.3) is 0 Å². The van der Waals surface area contributed by atoms with Crippen molar-refractivity contribution in [2.75, 3.05) is 51.9 Å². The minimum absolute atomic E-state index is 0. The summed E-state index contributed by atoms with van der Waals surface area (Å²) in [6.07, 6.45) is 1.26. The molecule has 31 heavy (non-hydrogen) atoms. The smallest absolute Gasteiger partial charge is 0.412 e. The van der Waals surface area contributed by atoms with E-state index < -0.39 is 11.7 Å². The maximum Gasteiger partial charge on any atom is 0.412 e. The first-order chi connectivity index (χ1) is 14.3. The van der Waals surface area contributed by atoms with Crippen LogP contribution in [0.4, 0.5) is 10.5 Å². The number of hydrogen-bond acceptors (Lipinski definition) is 5. The first kappa shape index (κ1) is 29.4. The second kappa shape index (κ2) is 17.0. The van der Waals surface area contributed by atoms with Gasteiger partial charge in [-0.3, -0.25) is 10.3 Å². The molecule has 0 heterocycles. The number of rotatable bonds is 12. The van der Waals surface area contributed by atoms with Crippen LogP contribution in [0, 0.1) is 0 Å². The molecule has 1 aromatic carbocycles. The number of hydrogen-bond donors (Lipinski definition) is 3. The number of nitrogens with one attached hydrogen (secondary N) is 3. The molecule has 0 saturated carbocycles. The van der Waals surface area contributed by atoms with Crippen molar-refractivity contribution in [1.29, 1.82) is 0 Å². The summed E-state index contributed by atoms with van der Waals surface area (Å²) in [5, 5.41) is 9.33. The van der Waals surface area contributed by atoms with Crippen molar-refractivity contribution in [3.05, 3.63) is 29.8 Å². The Hall–Kier alpha value is -1.59. The van der Waals surface area contributed by atoms with Crippen LogP contribution >= 0.6 is 24.0 Å². The molecule has 0 aromatic heterocycles. The third-order valence-corrected chi connectivity index (χ3v) is 3.80. The van der Waals surface area contributed by atoms with Gasteiger partial charge in [0.2, 0.25) is 0 Å². The average Bonchev–Trinajstić information content (AvgIpc) is 2.67. The van der Waals surface area contributed by atoms with Crippen LogP contribution in [0.2, 0.25) is 0 Å². The van der Waals surface area contributed by atoms with Crippen molar-refractivity contribution in [2.45, 2.75) is 46.1 Å². The zero-order valence-corrected chi connectivity index (χ0v) is 21.8. The van der Waals surface area contributed by atoms with Crippen molar-refractivity contribution < 1.29 is 19.0 Å². The number of guanidine groups is 1. The molecule has 1 aromatic rings. The highest BCUT2D eigenvalue weighted by atomic mass is 127. The van der Waals surface area contributed by atoms with Crippen LogP contribution in [0.1, 0.15) is 39.7 Å². The highest BCUT2D eigenvalue weighted by molar-refractivity contribution is 14.0. The van der Waals surface area contributed by atoms with E-state index in [1.165, 1.54) is 5.56 Å². The second-order valence-corrected chi connectivity index (χ2v) is 7.72. The minimum atomic E-state index is -0.515. The molecule has 8 nitrogen and oxygen atoms in total. The molecule has 1 amide bonds. The van der Waals surface area contributed by atoms with Crippen molar-refractivity contribution in [3.8, 4) is 0 Å². The standard InChI is InChI=1S/C22H38N4O4.HI/c1-6-23-20(24-13-7-15-29-17-16-28-5)25-14-12-18-8-10-19(11-9-18)26-21(27)30-22(2,3)4;/h8-11H,6-7,12-17H2,1-5H3,(H,26,27)(H2,23,24,25);1H. The number of carbonyl (C=O) groups excluding carboxylic acids is 1. The monoisotopic (exact) mass is 550 g/mol. The molecule has 0 atom stereocenters. The predicted molar refractivity (Wildman–Crippen MR) is 137 cm³/mol. The summed E-state index contributed by atoms with van der Waals surface area (Å²) >= 11 is 0. The SMILES string of the molecule is CCNC(=NCCCOCCOC)NCCc1ccc(NC(=O)OC(C)(C)C)cc1.I. The molecule has 0 aliphatic heterocycles. The zero-order valence-electron chi connectivity index (χ0n) is 19.5. The van der Waals surface area contributed by atoms with Gasteiger partial charge in [-0.1, -0.05) is 12.1 Å². The predicted octanol–water partition coefficient (Wildman–Crippen LogP) is 3.80. The number of anilines is 1. The summed E-state index contributed by atoms with van der Waals surface area (Å²) in [5.74, 6) is 0.803. The van der Waals surface area contributed by atoms with Gasteiger partial charge in [-0.25, -0.2) is 4.79 Å². The third-order valence-electron chi connectivity index (χ3n) is 3.80. The number of carbonyl (C=O) groups is 1. The van der Waals surface area contributed by atoms with E-state index >= 15 is 0 Å². The summed E-state index contributed by atoms with van der Waals surface area (Å²) < 4.78 is 15.6. The molecule has 178 valence electrons. The van der Waals surface area contributed by atoms with Gasteiger partial charge in [0.25, 0.3) is 0 Å². The van der Waals surface area contributed by atoms with E-state index in [0.717, 1.165) is 31.9 Å². The van der Waals surface area contributed by atoms with Gasteiger partial charge in [-0.05, 0) is 58.2 Å². The molecule has 3 N–H and O–H groups in total. The molecule has 0 saturated heterocycles. The summed E-state index contributed by atoms with van der Waals surface area (Å²) in [7, 11) is 1.66. The lowest BCUT2D eigenvalue weighted by Crippen LogP contribution is -2.38. The number of aliphatic imine (C=N–C) groups is 1. The van der Waals surface area contributed by atoms with Gasteiger partial charge >= 0.3 is 6.09 Å². The molecule has 9 heteroatoms.